The van der Waals surface area contributed by atoms with E-state index in [2.05, 4.69) is 36.6 Å². The monoisotopic (exact) mass is 330 g/mol. The number of hydrogen-bond donors (Lipinski definition) is 0. The van der Waals surface area contributed by atoms with E-state index in [1.807, 2.05) is 4.68 Å². The topological polar surface area (TPSA) is 41.4 Å². The number of piperidine rings is 1. The van der Waals surface area contributed by atoms with Gasteiger partial charge in [-0.25, -0.2) is 0 Å². The minimum absolute atomic E-state index is 0.162. The summed E-state index contributed by atoms with van der Waals surface area (Å²) in [5.74, 6) is 0.755. The maximum absolute atomic E-state index is 13.2. The third-order valence-corrected chi connectivity index (χ3v) is 5.70. The van der Waals surface area contributed by atoms with Crippen molar-refractivity contribution < 1.29 is 4.79 Å². The van der Waals surface area contributed by atoms with Gasteiger partial charge < -0.3 is 4.90 Å². The number of aromatic nitrogens is 2. The fourth-order valence-corrected chi connectivity index (χ4v) is 4.14. The van der Waals surface area contributed by atoms with Crippen LogP contribution >= 0.6 is 0 Å². The average Bonchev–Trinajstić information content (AvgIpc) is 3.31. The van der Waals surface area contributed by atoms with Gasteiger partial charge in [-0.05, 0) is 59.1 Å². The van der Waals surface area contributed by atoms with E-state index in [1.54, 1.807) is 0 Å². The van der Waals surface area contributed by atoms with Crippen LogP contribution in [0, 0.1) is 0 Å². The predicted molar refractivity (Wildman–Crippen MR) is 94.3 cm³/mol. The van der Waals surface area contributed by atoms with Crippen molar-refractivity contribution in [2.24, 2.45) is 0 Å². The van der Waals surface area contributed by atoms with Gasteiger partial charge in [0.05, 0.1) is 11.2 Å². The van der Waals surface area contributed by atoms with Gasteiger partial charge in [-0.2, -0.15) is 5.10 Å². The van der Waals surface area contributed by atoms with E-state index in [4.69, 9.17) is 5.10 Å². The quantitative estimate of drug-likeness (QED) is 0.837. The summed E-state index contributed by atoms with van der Waals surface area (Å²) in [4.78, 5) is 17.9. The summed E-state index contributed by atoms with van der Waals surface area (Å²) in [6.45, 7) is 10.4. The van der Waals surface area contributed by atoms with E-state index < -0.39 is 0 Å². The van der Waals surface area contributed by atoms with Crippen LogP contribution in [0.2, 0.25) is 0 Å². The molecule has 1 saturated carbocycles. The van der Waals surface area contributed by atoms with Crippen molar-refractivity contribution >= 4 is 5.91 Å². The molecule has 132 valence electrons. The third-order valence-electron chi connectivity index (χ3n) is 5.70. The van der Waals surface area contributed by atoms with Gasteiger partial charge in [-0.3, -0.25) is 14.4 Å². The van der Waals surface area contributed by atoms with Gasteiger partial charge in [0.1, 0.15) is 5.69 Å². The van der Waals surface area contributed by atoms with Crippen LogP contribution in [0.25, 0.3) is 0 Å². The summed E-state index contributed by atoms with van der Waals surface area (Å²) < 4.78 is 1.97. The molecule has 0 spiro atoms. The van der Waals surface area contributed by atoms with Crippen molar-refractivity contribution in [3.05, 3.63) is 17.5 Å². The fourth-order valence-electron chi connectivity index (χ4n) is 4.14. The normalized spacial score (nSPS) is 25.6. The zero-order valence-electron chi connectivity index (χ0n) is 15.3. The van der Waals surface area contributed by atoms with Crippen molar-refractivity contribution in [1.29, 1.82) is 0 Å². The van der Waals surface area contributed by atoms with Crippen LogP contribution in [0.1, 0.15) is 75.0 Å². The van der Waals surface area contributed by atoms with Crippen molar-refractivity contribution in [3.8, 4) is 0 Å². The first kappa shape index (κ1) is 16.1. The molecule has 3 heterocycles. The molecule has 2 saturated heterocycles. The molecule has 3 fully saturated rings. The number of carbonyl (C=O) groups is 1. The summed E-state index contributed by atoms with van der Waals surface area (Å²) >= 11 is 0. The largest absolute Gasteiger partial charge is 0.334 e. The van der Waals surface area contributed by atoms with Crippen LogP contribution in [0.15, 0.2) is 6.07 Å². The second-order valence-electron chi connectivity index (χ2n) is 8.75. The Balaban J connectivity index is 1.57. The third kappa shape index (κ3) is 2.99. The number of amides is 1. The summed E-state index contributed by atoms with van der Waals surface area (Å²) in [5, 5.41) is 4.80. The Labute approximate surface area is 145 Å². The number of fused-ring (bicyclic) bond motifs is 1. The van der Waals surface area contributed by atoms with E-state index in [9.17, 15) is 4.79 Å². The van der Waals surface area contributed by atoms with Crippen LogP contribution in [0.3, 0.4) is 0 Å². The minimum Gasteiger partial charge on any atom is -0.334 e. The first-order valence-corrected chi connectivity index (χ1v) is 9.57. The standard InChI is InChI=1S/C19H30N4O/c1-19(2,3)23-17(12-16(20-23)14-7-8-14)18(24)22-11-10-21-9-5-4-6-15(21)13-22/h12,14-15H,4-11,13H2,1-3H3/t15-/m0/s1. The van der Waals surface area contributed by atoms with Crippen LogP contribution < -0.4 is 0 Å². The molecule has 4 rings (SSSR count). The lowest BCUT2D eigenvalue weighted by Gasteiger charge is -2.44. The molecule has 5 nitrogen and oxygen atoms in total. The zero-order valence-corrected chi connectivity index (χ0v) is 15.3. The first-order valence-electron chi connectivity index (χ1n) is 9.57. The second kappa shape index (κ2) is 5.87. The molecule has 0 aromatic carbocycles. The Morgan fingerprint density at radius 3 is 2.62 bits per heavy atom. The molecule has 0 N–H and O–H groups in total. The zero-order chi connectivity index (χ0) is 16.9. The predicted octanol–water partition coefficient (Wildman–Crippen LogP) is 2.83. The molecule has 1 aromatic heterocycles. The number of nitrogens with zero attached hydrogens (tertiary/aromatic N) is 4. The minimum atomic E-state index is -0.162. The molecule has 0 unspecified atom stereocenters. The number of carbonyl (C=O) groups excluding carboxylic acids is 1. The molecule has 0 bridgehead atoms. The molecule has 1 aliphatic carbocycles. The average molecular weight is 330 g/mol. The molecule has 1 amide bonds. The van der Waals surface area contributed by atoms with Gasteiger partial charge >= 0.3 is 0 Å². The lowest BCUT2D eigenvalue weighted by atomic mass is 9.99. The molecule has 24 heavy (non-hydrogen) atoms. The molecule has 5 heteroatoms. The summed E-state index contributed by atoms with van der Waals surface area (Å²) in [6, 6.07) is 2.63. The van der Waals surface area contributed by atoms with E-state index in [-0.39, 0.29) is 11.4 Å². The highest BCUT2D eigenvalue weighted by atomic mass is 16.2. The second-order valence-corrected chi connectivity index (χ2v) is 8.75. The van der Waals surface area contributed by atoms with Gasteiger partial charge in [-0.1, -0.05) is 6.42 Å². The van der Waals surface area contributed by atoms with E-state index >= 15 is 0 Å². The Kier molecular flexibility index (Phi) is 3.94. The van der Waals surface area contributed by atoms with Crippen molar-refractivity contribution in [1.82, 2.24) is 19.6 Å². The number of piperazine rings is 1. The van der Waals surface area contributed by atoms with Crippen molar-refractivity contribution in [3.63, 3.8) is 0 Å². The Hall–Kier alpha value is -1.36. The van der Waals surface area contributed by atoms with E-state index in [1.165, 1.54) is 38.6 Å². The lowest BCUT2D eigenvalue weighted by molar-refractivity contribution is 0.0359. The fraction of sp³-hybridized carbons (Fsp3) is 0.789. The summed E-state index contributed by atoms with van der Waals surface area (Å²) in [6.07, 6.45) is 6.28. The van der Waals surface area contributed by atoms with E-state index in [0.717, 1.165) is 31.0 Å². The maximum Gasteiger partial charge on any atom is 0.272 e. The van der Waals surface area contributed by atoms with Gasteiger partial charge in [0, 0.05) is 31.6 Å². The Morgan fingerprint density at radius 1 is 1.12 bits per heavy atom. The molecular weight excluding hydrogens is 300 g/mol. The van der Waals surface area contributed by atoms with Gasteiger partial charge in [0.2, 0.25) is 0 Å². The smallest absolute Gasteiger partial charge is 0.272 e. The van der Waals surface area contributed by atoms with Crippen molar-refractivity contribution in [2.45, 2.75) is 70.4 Å². The van der Waals surface area contributed by atoms with Gasteiger partial charge in [0.15, 0.2) is 0 Å². The van der Waals surface area contributed by atoms with E-state index in [0.29, 0.717) is 12.0 Å². The van der Waals surface area contributed by atoms with Crippen LogP contribution in [0.4, 0.5) is 0 Å². The number of rotatable bonds is 2. The van der Waals surface area contributed by atoms with Crippen LogP contribution in [-0.2, 0) is 5.54 Å². The first-order chi connectivity index (χ1) is 11.4. The van der Waals surface area contributed by atoms with Crippen molar-refractivity contribution in [2.75, 3.05) is 26.2 Å². The molecular formula is C19H30N4O. The highest BCUT2D eigenvalue weighted by molar-refractivity contribution is 5.93. The number of hydrogen-bond acceptors (Lipinski definition) is 3. The molecule has 1 atom stereocenters. The van der Waals surface area contributed by atoms with Gasteiger partial charge in [0.25, 0.3) is 5.91 Å². The summed E-state index contributed by atoms with van der Waals surface area (Å²) in [7, 11) is 0. The van der Waals surface area contributed by atoms with Crippen LogP contribution in [0.5, 0.6) is 0 Å². The maximum atomic E-state index is 13.2. The molecule has 0 radical (unpaired) electrons. The Bertz CT molecular complexity index is 626. The molecule has 1 aromatic rings. The highest BCUT2D eigenvalue weighted by Gasteiger charge is 2.35. The molecule has 2 aliphatic heterocycles. The molecule has 3 aliphatic rings. The van der Waals surface area contributed by atoms with Crippen LogP contribution in [-0.4, -0.2) is 57.7 Å². The summed E-state index contributed by atoms with van der Waals surface area (Å²) in [5.41, 5.74) is 1.74. The SMILES string of the molecule is CC(C)(C)n1nc(C2CC2)cc1C(=O)N1CCN2CCCC[C@H]2C1. The van der Waals surface area contributed by atoms with Gasteiger partial charge in [-0.15, -0.1) is 0 Å². The lowest BCUT2D eigenvalue weighted by Crippen LogP contribution is -2.56. The highest BCUT2D eigenvalue weighted by Crippen LogP contribution is 2.40. The Morgan fingerprint density at radius 2 is 1.92 bits per heavy atom.